The van der Waals surface area contributed by atoms with E-state index in [-0.39, 0.29) is 15.7 Å². The first kappa shape index (κ1) is 8.79. The van der Waals surface area contributed by atoms with E-state index in [9.17, 15) is 18.0 Å². The van der Waals surface area contributed by atoms with E-state index >= 15 is 0 Å². The Balaban J connectivity index is 2.88. The van der Waals surface area contributed by atoms with E-state index in [2.05, 4.69) is 4.98 Å². The summed E-state index contributed by atoms with van der Waals surface area (Å²) in [5, 5.41) is 0. The lowest BCUT2D eigenvalue weighted by Crippen LogP contribution is -2.28. The van der Waals surface area contributed by atoms with Gasteiger partial charge in [-0.15, -0.1) is 13.2 Å². The summed E-state index contributed by atoms with van der Waals surface area (Å²) in [6.07, 6.45) is -3.42. The minimum atomic E-state index is -4.72. The molecule has 0 radical (unpaired) electrons. The minimum Gasteiger partial charge on any atom is -0.290 e. The molecule has 0 atom stereocenters. The number of nitrogens with one attached hydrogen (secondary N) is 1. The van der Waals surface area contributed by atoms with E-state index in [1.165, 1.54) is 18.3 Å². The lowest BCUT2D eigenvalue weighted by Gasteiger charge is -2.05. The van der Waals surface area contributed by atoms with Crippen molar-refractivity contribution in [3.63, 3.8) is 0 Å². The molecule has 0 aliphatic heterocycles. The predicted molar refractivity (Wildman–Crippen MR) is 41.7 cm³/mol. The fraction of sp³-hybridized carbons (Fsp3) is 0.143. The molecule has 0 saturated heterocycles. The largest absolute Gasteiger partial charge is 0.493 e. The Kier molecular flexibility index (Phi) is 1.63. The molecule has 0 aromatic carbocycles. The Morgan fingerprint density at radius 2 is 2.14 bits per heavy atom. The van der Waals surface area contributed by atoms with Crippen LogP contribution >= 0.6 is 0 Å². The van der Waals surface area contributed by atoms with E-state index < -0.39 is 12.0 Å². The lowest BCUT2D eigenvalue weighted by molar-refractivity contribution is -0.203. The Morgan fingerprint density at radius 3 is 2.79 bits per heavy atom. The molecule has 0 amide bonds. The first-order valence-corrected chi connectivity index (χ1v) is 3.63. The highest BCUT2D eigenvalue weighted by atomic mass is 19.4. The van der Waals surface area contributed by atoms with Gasteiger partial charge in [0.2, 0.25) is 0 Å². The summed E-state index contributed by atoms with van der Waals surface area (Å²) in [5.41, 5.74) is -1.58. The molecule has 0 unspecified atom stereocenters. The maximum atomic E-state index is 12.3. The van der Waals surface area contributed by atoms with Gasteiger partial charge < -0.3 is 0 Å². The first-order valence-electron chi connectivity index (χ1n) is 3.63. The number of fused-ring (bicyclic) bond motifs is 1. The lowest BCUT2D eigenvalue weighted by atomic mass is 10.4. The predicted octanol–water partition coefficient (Wildman–Crippen LogP) is 1.20. The van der Waals surface area contributed by atoms with Gasteiger partial charge in [-0.2, -0.15) is 4.57 Å². The van der Waals surface area contributed by atoms with Crippen LogP contribution < -0.4 is 5.69 Å². The molecule has 4 nitrogen and oxygen atoms in total. The molecule has 2 rings (SSSR count). The number of hydrogen-bond donors (Lipinski definition) is 1. The van der Waals surface area contributed by atoms with Crippen molar-refractivity contribution in [3.8, 4) is 0 Å². The van der Waals surface area contributed by atoms with Crippen LogP contribution in [0, 0.1) is 0 Å². The van der Waals surface area contributed by atoms with Crippen LogP contribution in [0.25, 0.3) is 11.2 Å². The molecule has 0 bridgehead atoms. The van der Waals surface area contributed by atoms with Gasteiger partial charge in [0.25, 0.3) is 0 Å². The van der Waals surface area contributed by atoms with Gasteiger partial charge in [0.15, 0.2) is 5.65 Å². The standard InChI is InChI=1S/C7H4F3N3O/c8-7(9,10)13-4-2-1-3-11-5(4)12-6(13)14/h1-3H,(H,11,12,14). The summed E-state index contributed by atoms with van der Waals surface area (Å²) in [5.74, 6) is 0. The summed E-state index contributed by atoms with van der Waals surface area (Å²) in [6.45, 7) is 0. The van der Waals surface area contributed by atoms with Gasteiger partial charge in [0, 0.05) is 6.20 Å². The minimum absolute atomic E-state index is 0.0742. The van der Waals surface area contributed by atoms with Crippen molar-refractivity contribution in [1.82, 2.24) is 14.5 Å². The maximum Gasteiger partial charge on any atom is 0.493 e. The maximum absolute atomic E-state index is 12.3. The van der Waals surface area contributed by atoms with Gasteiger partial charge in [-0.1, -0.05) is 0 Å². The number of rotatable bonds is 0. The Hall–Kier alpha value is -1.79. The smallest absolute Gasteiger partial charge is 0.290 e. The highest BCUT2D eigenvalue weighted by Gasteiger charge is 2.34. The number of hydrogen-bond acceptors (Lipinski definition) is 2. The molecule has 14 heavy (non-hydrogen) atoms. The second-order valence-corrected chi connectivity index (χ2v) is 2.60. The Bertz CT molecular complexity index is 525. The molecular weight excluding hydrogens is 199 g/mol. The Labute approximate surface area is 75.0 Å². The van der Waals surface area contributed by atoms with E-state index in [1.54, 1.807) is 0 Å². The number of aromatic amines is 1. The van der Waals surface area contributed by atoms with Gasteiger partial charge in [0.1, 0.15) is 0 Å². The van der Waals surface area contributed by atoms with Crippen molar-refractivity contribution in [2.45, 2.75) is 6.30 Å². The van der Waals surface area contributed by atoms with Crippen LogP contribution in [-0.4, -0.2) is 14.5 Å². The summed E-state index contributed by atoms with van der Waals surface area (Å²) in [4.78, 5) is 16.5. The number of nitrogens with zero attached hydrogens (tertiary/aromatic N) is 2. The van der Waals surface area contributed by atoms with Gasteiger partial charge >= 0.3 is 12.0 Å². The van der Waals surface area contributed by atoms with Crippen LogP contribution in [0.3, 0.4) is 0 Å². The van der Waals surface area contributed by atoms with Crippen LogP contribution in [0.4, 0.5) is 13.2 Å². The highest BCUT2D eigenvalue weighted by molar-refractivity contribution is 5.70. The molecule has 2 aromatic heterocycles. The second kappa shape index (κ2) is 2.60. The average Bonchev–Trinajstić information content (AvgIpc) is 2.38. The third-order valence-electron chi connectivity index (χ3n) is 1.71. The van der Waals surface area contributed by atoms with Gasteiger partial charge in [-0.25, -0.2) is 9.78 Å². The van der Waals surface area contributed by atoms with Crippen molar-refractivity contribution in [2.75, 3.05) is 0 Å². The molecule has 0 spiro atoms. The van der Waals surface area contributed by atoms with Crippen molar-refractivity contribution in [2.24, 2.45) is 0 Å². The van der Waals surface area contributed by atoms with E-state index in [4.69, 9.17) is 0 Å². The molecule has 74 valence electrons. The van der Waals surface area contributed by atoms with Crippen LogP contribution in [0.15, 0.2) is 23.1 Å². The third-order valence-corrected chi connectivity index (χ3v) is 1.71. The number of pyridine rings is 1. The average molecular weight is 203 g/mol. The van der Waals surface area contributed by atoms with Crippen molar-refractivity contribution in [1.29, 1.82) is 0 Å². The molecule has 1 N–H and O–H groups in total. The van der Waals surface area contributed by atoms with Crippen LogP contribution in [0.2, 0.25) is 0 Å². The van der Waals surface area contributed by atoms with E-state index in [0.29, 0.717) is 0 Å². The van der Waals surface area contributed by atoms with Gasteiger partial charge in [0.05, 0.1) is 5.52 Å². The summed E-state index contributed by atoms with van der Waals surface area (Å²) in [7, 11) is 0. The van der Waals surface area contributed by atoms with Crippen LogP contribution in [0.1, 0.15) is 0 Å². The number of aromatic nitrogens is 3. The molecule has 2 heterocycles. The number of H-pyrrole nitrogens is 1. The summed E-state index contributed by atoms with van der Waals surface area (Å²) >= 11 is 0. The summed E-state index contributed by atoms with van der Waals surface area (Å²) in [6, 6.07) is 2.51. The van der Waals surface area contributed by atoms with Gasteiger partial charge in [-0.3, -0.25) is 4.98 Å². The van der Waals surface area contributed by atoms with Gasteiger partial charge in [-0.05, 0) is 12.1 Å². The SMILES string of the molecule is O=c1[nH]c2ncccc2n1C(F)(F)F. The fourth-order valence-electron chi connectivity index (χ4n) is 1.19. The van der Waals surface area contributed by atoms with Crippen molar-refractivity contribution >= 4 is 11.2 Å². The first-order chi connectivity index (χ1) is 6.50. The zero-order valence-corrected chi connectivity index (χ0v) is 6.67. The zero-order valence-electron chi connectivity index (χ0n) is 6.67. The van der Waals surface area contributed by atoms with Crippen LogP contribution in [-0.2, 0) is 6.30 Å². The normalized spacial score (nSPS) is 12.2. The van der Waals surface area contributed by atoms with Crippen molar-refractivity contribution < 1.29 is 13.2 Å². The van der Waals surface area contributed by atoms with Crippen molar-refractivity contribution in [3.05, 3.63) is 28.8 Å². The number of imidazole rings is 1. The van der Waals surface area contributed by atoms with Crippen LogP contribution in [0.5, 0.6) is 0 Å². The molecule has 0 aliphatic rings. The molecule has 0 aliphatic carbocycles. The zero-order chi connectivity index (χ0) is 10.3. The topological polar surface area (TPSA) is 50.7 Å². The molecule has 0 fully saturated rings. The van der Waals surface area contributed by atoms with E-state index in [1.807, 2.05) is 4.98 Å². The summed E-state index contributed by atoms with van der Waals surface area (Å²) < 4.78 is 36.7. The quantitative estimate of drug-likeness (QED) is 0.699. The fourth-order valence-corrected chi connectivity index (χ4v) is 1.19. The molecular formula is C7H4F3N3O. The molecule has 0 saturated carbocycles. The monoisotopic (exact) mass is 203 g/mol. The third kappa shape index (κ3) is 1.17. The number of halogens is 3. The molecule has 7 heteroatoms. The highest BCUT2D eigenvalue weighted by Crippen LogP contribution is 2.23. The van der Waals surface area contributed by atoms with E-state index in [0.717, 1.165) is 0 Å². The molecule has 2 aromatic rings. The Morgan fingerprint density at radius 1 is 1.43 bits per heavy atom. The number of alkyl halides is 3. The second-order valence-electron chi connectivity index (χ2n) is 2.60.